The van der Waals surface area contributed by atoms with E-state index in [4.69, 9.17) is 11.2 Å². The summed E-state index contributed by atoms with van der Waals surface area (Å²) in [4.78, 5) is 21.8. The highest BCUT2D eigenvalue weighted by atomic mass is 32.1. The maximum Gasteiger partial charge on any atom is 0.350 e. The number of hydrogen-bond donors (Lipinski definition) is 0. The van der Waals surface area contributed by atoms with Crippen LogP contribution in [0.5, 0.6) is 0 Å². The smallest absolute Gasteiger partial charge is 0.350 e. The Labute approximate surface area is 150 Å². The first-order chi connectivity index (χ1) is 12.2. The molecular weight excluding hydrogens is 332 g/mol. The lowest BCUT2D eigenvalue weighted by Gasteiger charge is -2.14. The number of benzene rings is 1. The van der Waals surface area contributed by atoms with Gasteiger partial charge in [0.25, 0.3) is 0 Å². The lowest BCUT2D eigenvalue weighted by molar-refractivity contribution is 0.0303. The van der Waals surface area contributed by atoms with E-state index in [-0.39, 0.29) is 6.42 Å². The fourth-order valence-corrected chi connectivity index (χ4v) is 3.31. The minimum Gasteiger partial charge on any atom is -0.451 e. The van der Waals surface area contributed by atoms with E-state index < -0.39 is 12.1 Å². The highest BCUT2D eigenvalue weighted by Crippen LogP contribution is 2.30. The summed E-state index contributed by atoms with van der Waals surface area (Å²) in [5.74, 6) is 2.11. The number of pyridine rings is 1. The molecule has 3 rings (SSSR count). The Morgan fingerprint density at radius 1 is 1.24 bits per heavy atom. The van der Waals surface area contributed by atoms with Crippen LogP contribution in [0.3, 0.4) is 0 Å². The molecule has 3 aromatic rings. The zero-order valence-corrected chi connectivity index (χ0v) is 14.5. The van der Waals surface area contributed by atoms with E-state index in [1.54, 1.807) is 25.3 Å². The van der Waals surface area contributed by atoms with Gasteiger partial charge < -0.3 is 4.74 Å². The number of aryl methyl sites for hydroxylation is 1. The lowest BCUT2D eigenvalue weighted by atomic mass is 10.1. The fraction of sp³-hybridized carbons (Fsp3) is 0.150. The first-order valence-electron chi connectivity index (χ1n) is 7.77. The average molecular weight is 348 g/mol. The molecule has 0 bridgehead atoms. The minimum absolute atomic E-state index is 0.270. The van der Waals surface area contributed by atoms with Gasteiger partial charge in [-0.2, -0.15) is 0 Å². The van der Waals surface area contributed by atoms with Crippen molar-refractivity contribution in [3.63, 3.8) is 0 Å². The Morgan fingerprint density at radius 3 is 2.68 bits per heavy atom. The van der Waals surface area contributed by atoms with Crippen LogP contribution in [-0.2, 0) is 4.74 Å². The molecule has 0 radical (unpaired) electrons. The van der Waals surface area contributed by atoms with Gasteiger partial charge in [-0.1, -0.05) is 36.4 Å². The molecule has 0 unspecified atom stereocenters. The van der Waals surface area contributed by atoms with Gasteiger partial charge in [-0.3, -0.25) is 4.98 Å². The molecule has 124 valence electrons. The van der Waals surface area contributed by atoms with Gasteiger partial charge in [0, 0.05) is 11.8 Å². The second kappa shape index (κ2) is 7.73. The van der Waals surface area contributed by atoms with Gasteiger partial charge in [-0.15, -0.1) is 23.7 Å². The van der Waals surface area contributed by atoms with Crippen LogP contribution in [0.2, 0.25) is 0 Å². The third-order valence-corrected chi connectivity index (χ3v) is 4.76. The van der Waals surface area contributed by atoms with E-state index in [0.29, 0.717) is 16.3 Å². The number of terminal acetylenes is 1. The minimum atomic E-state index is -0.569. The Kier molecular flexibility index (Phi) is 5.22. The van der Waals surface area contributed by atoms with Crippen LogP contribution in [0.4, 0.5) is 0 Å². The van der Waals surface area contributed by atoms with Crippen LogP contribution in [0, 0.1) is 19.3 Å². The third kappa shape index (κ3) is 3.93. The quantitative estimate of drug-likeness (QED) is 0.505. The molecule has 25 heavy (non-hydrogen) atoms. The number of aromatic nitrogens is 2. The number of nitrogens with zero attached hydrogens (tertiary/aromatic N) is 2. The molecule has 1 aromatic carbocycles. The van der Waals surface area contributed by atoms with Crippen molar-refractivity contribution in [3.8, 4) is 22.9 Å². The van der Waals surface area contributed by atoms with Gasteiger partial charge >= 0.3 is 5.97 Å². The van der Waals surface area contributed by atoms with Gasteiger partial charge in [0.05, 0.1) is 17.8 Å². The normalized spacial score (nSPS) is 11.5. The highest BCUT2D eigenvalue weighted by Gasteiger charge is 2.22. The van der Waals surface area contributed by atoms with Crippen molar-refractivity contribution in [2.75, 3.05) is 0 Å². The summed E-state index contributed by atoms with van der Waals surface area (Å²) >= 11 is 1.32. The molecule has 0 fully saturated rings. The zero-order valence-electron chi connectivity index (χ0n) is 13.7. The van der Waals surface area contributed by atoms with Crippen LogP contribution < -0.4 is 0 Å². The summed E-state index contributed by atoms with van der Waals surface area (Å²) in [6.45, 7) is 1.80. The van der Waals surface area contributed by atoms with Gasteiger partial charge in [-0.05, 0) is 19.1 Å². The lowest BCUT2D eigenvalue weighted by Crippen LogP contribution is -2.12. The number of hydrogen-bond acceptors (Lipinski definition) is 5. The average Bonchev–Trinajstić information content (AvgIpc) is 3.05. The number of ether oxygens (including phenoxy) is 1. The second-order valence-electron chi connectivity index (χ2n) is 5.36. The fourth-order valence-electron chi connectivity index (χ4n) is 2.35. The molecule has 4 nitrogen and oxygen atoms in total. The van der Waals surface area contributed by atoms with Crippen molar-refractivity contribution >= 4 is 17.3 Å². The molecular formula is C20H16N2O2S. The highest BCUT2D eigenvalue weighted by molar-refractivity contribution is 7.17. The Morgan fingerprint density at radius 2 is 2.00 bits per heavy atom. The van der Waals surface area contributed by atoms with Crippen molar-refractivity contribution in [1.29, 1.82) is 0 Å². The van der Waals surface area contributed by atoms with Gasteiger partial charge in [-0.25, -0.2) is 9.78 Å². The molecule has 5 heteroatoms. The molecule has 0 saturated carbocycles. The summed E-state index contributed by atoms with van der Waals surface area (Å²) in [7, 11) is 0. The molecule has 0 N–H and O–H groups in total. The first-order valence-corrected chi connectivity index (χ1v) is 8.59. The largest absolute Gasteiger partial charge is 0.451 e. The topological polar surface area (TPSA) is 52.1 Å². The molecule has 0 amide bonds. The molecule has 2 aromatic heterocycles. The third-order valence-electron chi connectivity index (χ3n) is 3.57. The summed E-state index contributed by atoms with van der Waals surface area (Å²) in [5.41, 5.74) is 2.26. The molecule has 0 aliphatic heterocycles. The van der Waals surface area contributed by atoms with Crippen molar-refractivity contribution in [2.24, 2.45) is 0 Å². The van der Waals surface area contributed by atoms with Crippen molar-refractivity contribution in [1.82, 2.24) is 9.97 Å². The molecule has 0 spiro atoms. The predicted octanol–water partition coefficient (Wildman–Crippen LogP) is 4.43. The molecule has 0 aliphatic rings. The predicted molar refractivity (Wildman–Crippen MR) is 98.1 cm³/mol. The Bertz CT molecular complexity index is 898. The standard InChI is InChI=1S/C20H16N2O2S/c1-3-9-17(16-12-7-8-13-21-16)24-20(23)18-14(2)22-19(25-18)15-10-5-4-6-11-15/h1,4-8,10-13,17H,9H2,2H3/t17-/m1/s1. The number of carbonyl (C=O) groups is 1. The van der Waals surface area contributed by atoms with Crippen LogP contribution in [-0.4, -0.2) is 15.9 Å². The van der Waals surface area contributed by atoms with Crippen LogP contribution in [0.1, 0.15) is 33.6 Å². The number of carbonyl (C=O) groups excluding carboxylic acids is 1. The van der Waals surface area contributed by atoms with Crippen molar-refractivity contribution in [3.05, 3.63) is 71.0 Å². The maximum atomic E-state index is 12.6. The maximum absolute atomic E-state index is 12.6. The SMILES string of the molecule is C#CC[C@@H](OC(=O)c1sc(-c2ccccc2)nc1C)c1ccccn1. The summed E-state index contributed by atoms with van der Waals surface area (Å²) in [6, 6.07) is 15.2. The van der Waals surface area contributed by atoms with Gasteiger partial charge in [0.15, 0.2) is 6.10 Å². The van der Waals surface area contributed by atoms with E-state index in [1.165, 1.54) is 11.3 Å². The van der Waals surface area contributed by atoms with E-state index >= 15 is 0 Å². The van der Waals surface area contributed by atoms with Crippen molar-refractivity contribution < 1.29 is 9.53 Å². The first kappa shape index (κ1) is 16.9. The zero-order chi connectivity index (χ0) is 17.6. The summed E-state index contributed by atoms with van der Waals surface area (Å²) in [5, 5.41) is 0.788. The number of esters is 1. The van der Waals surface area contributed by atoms with E-state index in [2.05, 4.69) is 15.9 Å². The van der Waals surface area contributed by atoms with E-state index in [0.717, 1.165) is 10.6 Å². The molecule has 0 aliphatic carbocycles. The Hall–Kier alpha value is -2.97. The van der Waals surface area contributed by atoms with Crippen LogP contribution in [0.15, 0.2) is 54.7 Å². The van der Waals surface area contributed by atoms with Crippen molar-refractivity contribution in [2.45, 2.75) is 19.4 Å². The van der Waals surface area contributed by atoms with Crippen LogP contribution in [0.25, 0.3) is 10.6 Å². The Balaban J connectivity index is 1.83. The van der Waals surface area contributed by atoms with E-state index in [9.17, 15) is 4.79 Å². The van der Waals surface area contributed by atoms with Crippen LogP contribution >= 0.6 is 11.3 Å². The second-order valence-corrected chi connectivity index (χ2v) is 6.36. The van der Waals surface area contributed by atoms with E-state index in [1.807, 2.05) is 36.4 Å². The summed E-state index contributed by atoms with van der Waals surface area (Å²) < 4.78 is 5.62. The summed E-state index contributed by atoms with van der Waals surface area (Å²) in [6.07, 6.45) is 6.76. The van der Waals surface area contributed by atoms with Gasteiger partial charge in [0.1, 0.15) is 9.88 Å². The number of thiazole rings is 1. The van der Waals surface area contributed by atoms with Gasteiger partial charge in [0.2, 0.25) is 0 Å². The molecule has 2 heterocycles. The number of rotatable bonds is 5. The molecule has 1 atom stereocenters. The molecule has 0 saturated heterocycles. The monoisotopic (exact) mass is 348 g/mol.